The normalized spacial score (nSPS) is 13.5. The maximum absolute atomic E-state index is 12.1. The number of hydrogen-bond acceptors (Lipinski definition) is 6. The molecule has 1 aliphatic heterocycles. The quantitative estimate of drug-likeness (QED) is 0.681. The molecule has 0 atom stereocenters. The summed E-state index contributed by atoms with van der Waals surface area (Å²) in [6.45, 7) is 0.794. The smallest absolute Gasteiger partial charge is 0.269 e. The van der Waals surface area contributed by atoms with Gasteiger partial charge in [0.05, 0.1) is 11.3 Å². The van der Waals surface area contributed by atoms with Crippen molar-refractivity contribution in [3.63, 3.8) is 0 Å². The lowest BCUT2D eigenvalue weighted by Crippen LogP contribution is -2.19. The van der Waals surface area contributed by atoms with Crippen LogP contribution in [0, 0.1) is 10.1 Å². The van der Waals surface area contributed by atoms with Crippen LogP contribution >= 0.6 is 11.8 Å². The molecule has 0 spiro atoms. The molecule has 9 heteroatoms. The van der Waals surface area contributed by atoms with Crippen LogP contribution in [0.5, 0.6) is 0 Å². The second-order valence-electron chi connectivity index (χ2n) is 4.81. The van der Waals surface area contributed by atoms with Gasteiger partial charge in [0.15, 0.2) is 5.16 Å². The first kappa shape index (κ1) is 14.5. The Morgan fingerprint density at radius 1 is 1.36 bits per heavy atom. The number of hydrogen-bond donors (Lipinski definition) is 1. The summed E-state index contributed by atoms with van der Waals surface area (Å²) >= 11 is 1.62. The molecule has 0 radical (unpaired) electrons. The first-order valence-electron chi connectivity index (χ1n) is 6.72. The Hall–Kier alpha value is -2.42. The number of carbonyl (C=O) groups excluding carboxylic acids is 1. The zero-order chi connectivity index (χ0) is 15.5. The predicted molar refractivity (Wildman–Crippen MR) is 80.8 cm³/mol. The summed E-state index contributed by atoms with van der Waals surface area (Å²) in [6, 6.07) is 5.93. The van der Waals surface area contributed by atoms with E-state index in [0.29, 0.717) is 11.5 Å². The third kappa shape index (κ3) is 3.08. The van der Waals surface area contributed by atoms with E-state index >= 15 is 0 Å². The van der Waals surface area contributed by atoms with Crippen molar-refractivity contribution in [2.75, 3.05) is 11.1 Å². The van der Waals surface area contributed by atoms with Gasteiger partial charge in [-0.15, -0.1) is 10.2 Å². The number of nitrogens with one attached hydrogen (secondary N) is 1. The minimum Gasteiger partial charge on any atom is -0.294 e. The van der Waals surface area contributed by atoms with Crippen LogP contribution in [0.1, 0.15) is 12.0 Å². The first-order chi connectivity index (χ1) is 10.6. The third-order valence-electron chi connectivity index (χ3n) is 3.24. The fourth-order valence-electron chi connectivity index (χ4n) is 2.17. The van der Waals surface area contributed by atoms with Crippen molar-refractivity contribution in [3.8, 4) is 0 Å². The number of fused-ring (bicyclic) bond motifs is 1. The first-order valence-corrected chi connectivity index (χ1v) is 7.71. The lowest BCUT2D eigenvalue weighted by molar-refractivity contribution is -0.384. The van der Waals surface area contributed by atoms with Crippen LogP contribution in [0.3, 0.4) is 0 Å². The molecular formula is C13H13N5O3S. The van der Waals surface area contributed by atoms with Crippen LogP contribution in [-0.2, 0) is 17.8 Å². The summed E-state index contributed by atoms with van der Waals surface area (Å²) in [5, 5.41) is 22.2. The highest BCUT2D eigenvalue weighted by molar-refractivity contribution is 7.99. The minimum absolute atomic E-state index is 0.00714. The second kappa shape index (κ2) is 6.14. The van der Waals surface area contributed by atoms with Gasteiger partial charge in [-0.3, -0.25) is 24.8 Å². The number of non-ortho nitro benzene ring substituents is 1. The van der Waals surface area contributed by atoms with Gasteiger partial charge < -0.3 is 0 Å². The Morgan fingerprint density at radius 2 is 2.14 bits per heavy atom. The van der Waals surface area contributed by atoms with Crippen molar-refractivity contribution in [1.82, 2.24) is 14.8 Å². The summed E-state index contributed by atoms with van der Waals surface area (Å²) in [7, 11) is 0. The Labute approximate surface area is 130 Å². The van der Waals surface area contributed by atoms with Crippen molar-refractivity contribution < 1.29 is 9.72 Å². The Kier molecular flexibility index (Phi) is 4.05. The standard InChI is InChI=1S/C13H13N5O3S/c19-11(8-9-2-4-10(5-3-9)18(20)21)14-12-15-16-13-17(12)6-1-7-22-13/h2-5H,1,6-8H2,(H,14,15,19). The molecule has 0 fully saturated rings. The molecule has 1 amide bonds. The Morgan fingerprint density at radius 3 is 2.86 bits per heavy atom. The molecule has 8 nitrogen and oxygen atoms in total. The van der Waals surface area contributed by atoms with Gasteiger partial charge in [0.2, 0.25) is 11.9 Å². The van der Waals surface area contributed by atoms with E-state index in [-0.39, 0.29) is 18.0 Å². The van der Waals surface area contributed by atoms with Crippen LogP contribution in [0.25, 0.3) is 0 Å². The number of nitro benzene ring substituents is 1. The summed E-state index contributed by atoms with van der Waals surface area (Å²) in [6.07, 6.45) is 1.15. The van der Waals surface area contributed by atoms with Crippen molar-refractivity contribution in [2.45, 2.75) is 24.5 Å². The predicted octanol–water partition coefficient (Wildman–Crippen LogP) is 1.86. The van der Waals surface area contributed by atoms with Crippen LogP contribution in [0.15, 0.2) is 29.4 Å². The molecule has 0 saturated carbocycles. The van der Waals surface area contributed by atoms with E-state index in [0.717, 1.165) is 23.9 Å². The van der Waals surface area contributed by atoms with E-state index in [4.69, 9.17) is 0 Å². The molecule has 22 heavy (non-hydrogen) atoms. The molecule has 0 bridgehead atoms. The number of benzene rings is 1. The van der Waals surface area contributed by atoms with Crippen molar-refractivity contribution >= 4 is 29.3 Å². The van der Waals surface area contributed by atoms with Gasteiger partial charge in [-0.25, -0.2) is 0 Å². The van der Waals surface area contributed by atoms with Gasteiger partial charge in [0.25, 0.3) is 5.69 Å². The van der Waals surface area contributed by atoms with E-state index in [9.17, 15) is 14.9 Å². The molecule has 1 aromatic heterocycles. The van der Waals surface area contributed by atoms with Gasteiger partial charge in [-0.1, -0.05) is 23.9 Å². The minimum atomic E-state index is -0.468. The van der Waals surface area contributed by atoms with Crippen molar-refractivity contribution in [1.29, 1.82) is 0 Å². The molecule has 1 aromatic carbocycles. The van der Waals surface area contributed by atoms with Gasteiger partial charge in [-0.2, -0.15) is 0 Å². The highest BCUT2D eigenvalue weighted by atomic mass is 32.2. The zero-order valence-corrected chi connectivity index (χ0v) is 12.4. The highest BCUT2D eigenvalue weighted by Crippen LogP contribution is 2.25. The zero-order valence-electron chi connectivity index (χ0n) is 11.6. The summed E-state index contributed by atoms with van der Waals surface area (Å²) in [5.41, 5.74) is 0.712. The number of anilines is 1. The summed E-state index contributed by atoms with van der Waals surface area (Å²) in [5.74, 6) is 1.24. The lowest BCUT2D eigenvalue weighted by atomic mass is 10.1. The maximum atomic E-state index is 12.1. The van der Waals surface area contributed by atoms with Gasteiger partial charge in [-0.05, 0) is 12.0 Å². The van der Waals surface area contributed by atoms with Gasteiger partial charge >= 0.3 is 0 Å². The highest BCUT2D eigenvalue weighted by Gasteiger charge is 2.18. The molecule has 3 rings (SSSR count). The van der Waals surface area contributed by atoms with E-state index in [1.54, 1.807) is 23.9 Å². The fraction of sp³-hybridized carbons (Fsp3) is 0.308. The van der Waals surface area contributed by atoms with E-state index in [1.807, 2.05) is 4.57 Å². The number of rotatable bonds is 4. The maximum Gasteiger partial charge on any atom is 0.269 e. The number of nitrogens with zero attached hydrogens (tertiary/aromatic N) is 4. The number of amides is 1. The Balaban J connectivity index is 1.65. The van der Waals surface area contributed by atoms with E-state index in [1.165, 1.54) is 12.1 Å². The molecule has 1 aliphatic rings. The van der Waals surface area contributed by atoms with Crippen molar-refractivity contribution in [2.24, 2.45) is 0 Å². The molecule has 0 unspecified atom stereocenters. The summed E-state index contributed by atoms with van der Waals surface area (Å²) in [4.78, 5) is 22.2. The van der Waals surface area contributed by atoms with Gasteiger partial charge in [0, 0.05) is 24.4 Å². The molecule has 1 N–H and O–H groups in total. The topological polar surface area (TPSA) is 103 Å². The average molecular weight is 319 g/mol. The van der Waals surface area contributed by atoms with Crippen molar-refractivity contribution in [3.05, 3.63) is 39.9 Å². The van der Waals surface area contributed by atoms with E-state index < -0.39 is 4.92 Å². The number of thioether (sulfide) groups is 1. The lowest BCUT2D eigenvalue weighted by Gasteiger charge is -2.14. The average Bonchev–Trinajstić information content (AvgIpc) is 2.91. The fourth-order valence-corrected chi connectivity index (χ4v) is 3.05. The number of nitro groups is 1. The molecule has 0 saturated heterocycles. The molecule has 2 heterocycles. The van der Waals surface area contributed by atoms with Crippen LogP contribution < -0.4 is 5.32 Å². The van der Waals surface area contributed by atoms with E-state index in [2.05, 4.69) is 15.5 Å². The van der Waals surface area contributed by atoms with Crippen LogP contribution in [0.4, 0.5) is 11.6 Å². The Bertz CT molecular complexity index is 713. The van der Waals surface area contributed by atoms with Crippen LogP contribution in [0.2, 0.25) is 0 Å². The number of aromatic nitrogens is 3. The largest absolute Gasteiger partial charge is 0.294 e. The number of carbonyl (C=O) groups is 1. The molecule has 0 aliphatic carbocycles. The van der Waals surface area contributed by atoms with Gasteiger partial charge in [0.1, 0.15) is 0 Å². The third-order valence-corrected chi connectivity index (χ3v) is 4.29. The summed E-state index contributed by atoms with van der Waals surface area (Å²) < 4.78 is 1.89. The SMILES string of the molecule is O=C(Cc1ccc([N+](=O)[O-])cc1)Nc1nnc2n1CCCS2. The monoisotopic (exact) mass is 319 g/mol. The molecule has 114 valence electrons. The molecule has 2 aromatic rings. The second-order valence-corrected chi connectivity index (χ2v) is 5.87. The van der Waals surface area contributed by atoms with Crippen LogP contribution in [-0.4, -0.2) is 31.3 Å². The molecular weight excluding hydrogens is 306 g/mol.